The number of hydrogen-bond acceptors (Lipinski definition) is 1. The average molecular weight is 256 g/mol. The Balaban J connectivity index is 3.08. The van der Waals surface area contributed by atoms with E-state index in [9.17, 15) is 17.6 Å². The van der Waals surface area contributed by atoms with Crippen molar-refractivity contribution in [3.05, 3.63) is 34.3 Å². The summed E-state index contributed by atoms with van der Waals surface area (Å²) in [6.45, 7) is 0.0645. The summed E-state index contributed by atoms with van der Waals surface area (Å²) in [4.78, 5) is 0. The van der Waals surface area contributed by atoms with Gasteiger partial charge in [-0.15, -0.1) is 0 Å². The normalized spacial score (nSPS) is 13.9. The van der Waals surface area contributed by atoms with E-state index < -0.39 is 17.9 Å². The molecule has 0 aliphatic carbocycles. The van der Waals surface area contributed by atoms with Crippen molar-refractivity contribution in [2.45, 2.75) is 18.8 Å². The smallest absolute Gasteiger partial charge is 0.330 e. The van der Waals surface area contributed by atoms with Crippen molar-refractivity contribution in [3.63, 3.8) is 0 Å². The number of halogens is 5. The van der Waals surface area contributed by atoms with Crippen LogP contribution in [0.3, 0.4) is 0 Å². The SMILES string of the molecule is NCCC(F)c1cc(Cl)cc(C(F)(F)F)c1. The van der Waals surface area contributed by atoms with Gasteiger partial charge in [-0.2, -0.15) is 13.2 Å². The zero-order valence-electron chi connectivity index (χ0n) is 8.19. The fourth-order valence-corrected chi connectivity index (χ4v) is 1.51. The molecule has 0 aliphatic heterocycles. The summed E-state index contributed by atoms with van der Waals surface area (Å²) in [5, 5.41) is -0.135. The molecule has 0 aliphatic rings. The van der Waals surface area contributed by atoms with Crippen LogP contribution in [0.5, 0.6) is 0 Å². The quantitative estimate of drug-likeness (QED) is 0.819. The van der Waals surface area contributed by atoms with E-state index in [2.05, 4.69) is 0 Å². The van der Waals surface area contributed by atoms with Gasteiger partial charge in [0.1, 0.15) is 6.17 Å². The molecule has 1 unspecified atom stereocenters. The van der Waals surface area contributed by atoms with Gasteiger partial charge in [-0.25, -0.2) is 4.39 Å². The topological polar surface area (TPSA) is 26.0 Å². The first-order chi connectivity index (χ1) is 7.34. The lowest BCUT2D eigenvalue weighted by molar-refractivity contribution is -0.137. The Morgan fingerprint density at radius 3 is 2.38 bits per heavy atom. The van der Waals surface area contributed by atoms with Crippen LogP contribution in [0.1, 0.15) is 23.7 Å². The lowest BCUT2D eigenvalue weighted by Crippen LogP contribution is -2.08. The van der Waals surface area contributed by atoms with Crippen LogP contribution in [-0.2, 0) is 6.18 Å². The highest BCUT2D eigenvalue weighted by atomic mass is 35.5. The fourth-order valence-electron chi connectivity index (χ4n) is 1.27. The third-order valence-corrected chi connectivity index (χ3v) is 2.25. The zero-order valence-corrected chi connectivity index (χ0v) is 8.95. The highest BCUT2D eigenvalue weighted by molar-refractivity contribution is 6.30. The number of benzene rings is 1. The third-order valence-electron chi connectivity index (χ3n) is 2.03. The third kappa shape index (κ3) is 3.35. The molecule has 1 aromatic rings. The van der Waals surface area contributed by atoms with Gasteiger partial charge < -0.3 is 5.73 Å². The highest BCUT2D eigenvalue weighted by Crippen LogP contribution is 2.34. The second-order valence-corrected chi connectivity index (χ2v) is 3.75. The molecule has 0 fully saturated rings. The summed E-state index contributed by atoms with van der Waals surface area (Å²) in [6.07, 6.45) is -6.08. The van der Waals surface area contributed by atoms with E-state index in [0.717, 1.165) is 12.1 Å². The van der Waals surface area contributed by atoms with Gasteiger partial charge in [0.25, 0.3) is 0 Å². The Labute approximate surface area is 95.2 Å². The van der Waals surface area contributed by atoms with Crippen molar-refractivity contribution in [2.24, 2.45) is 5.73 Å². The van der Waals surface area contributed by atoms with E-state index >= 15 is 0 Å². The Morgan fingerprint density at radius 2 is 1.88 bits per heavy atom. The maximum atomic E-state index is 13.4. The van der Waals surface area contributed by atoms with Crippen LogP contribution in [0, 0.1) is 0 Å². The molecule has 1 nitrogen and oxygen atoms in total. The van der Waals surface area contributed by atoms with Crippen LogP contribution in [-0.4, -0.2) is 6.54 Å². The number of hydrogen-bond donors (Lipinski definition) is 1. The molecular weight excluding hydrogens is 246 g/mol. The molecule has 2 N–H and O–H groups in total. The summed E-state index contributed by atoms with van der Waals surface area (Å²) >= 11 is 5.50. The van der Waals surface area contributed by atoms with Crippen LogP contribution >= 0.6 is 11.6 Å². The zero-order chi connectivity index (χ0) is 12.3. The standard InChI is InChI=1S/C10H10ClF4N/c11-8-4-6(9(12)1-2-16)3-7(5-8)10(13,14)15/h3-5,9H,1-2,16H2. The van der Waals surface area contributed by atoms with Crippen LogP contribution in [0.15, 0.2) is 18.2 Å². The van der Waals surface area contributed by atoms with Crippen molar-refractivity contribution in [1.82, 2.24) is 0 Å². The lowest BCUT2D eigenvalue weighted by atomic mass is 10.0. The second kappa shape index (κ2) is 5.01. The molecule has 0 saturated heterocycles. The molecular formula is C10H10ClF4N. The van der Waals surface area contributed by atoms with Crippen molar-refractivity contribution < 1.29 is 17.6 Å². The van der Waals surface area contributed by atoms with Crippen LogP contribution in [0.2, 0.25) is 5.02 Å². The summed E-state index contributed by atoms with van der Waals surface area (Å²) in [5.74, 6) is 0. The Kier molecular flexibility index (Phi) is 4.15. The molecule has 0 bridgehead atoms. The van der Waals surface area contributed by atoms with Crippen LogP contribution < -0.4 is 5.73 Å². The minimum Gasteiger partial charge on any atom is -0.330 e. The van der Waals surface area contributed by atoms with Gasteiger partial charge in [0.2, 0.25) is 0 Å². The number of nitrogens with two attached hydrogens (primary N) is 1. The molecule has 0 heterocycles. The van der Waals surface area contributed by atoms with Gasteiger partial charge in [0, 0.05) is 5.02 Å². The summed E-state index contributed by atoms with van der Waals surface area (Å²) in [6, 6.07) is 2.70. The predicted molar refractivity (Wildman–Crippen MR) is 54.0 cm³/mol. The van der Waals surface area contributed by atoms with E-state index in [-0.39, 0.29) is 23.6 Å². The first kappa shape index (κ1) is 13.3. The summed E-state index contributed by atoms with van der Waals surface area (Å²) in [7, 11) is 0. The van der Waals surface area contributed by atoms with Crippen LogP contribution in [0.25, 0.3) is 0 Å². The van der Waals surface area contributed by atoms with Crippen LogP contribution in [0.4, 0.5) is 17.6 Å². The minimum atomic E-state index is -4.53. The van der Waals surface area contributed by atoms with E-state index in [1.54, 1.807) is 0 Å². The molecule has 0 radical (unpaired) electrons. The molecule has 1 rings (SSSR count). The number of alkyl halides is 4. The van der Waals surface area contributed by atoms with Gasteiger partial charge in [0.15, 0.2) is 0 Å². The Morgan fingerprint density at radius 1 is 1.25 bits per heavy atom. The molecule has 0 saturated carbocycles. The van der Waals surface area contributed by atoms with Crippen molar-refractivity contribution in [2.75, 3.05) is 6.54 Å². The summed E-state index contributed by atoms with van der Waals surface area (Å²) < 4.78 is 50.6. The monoisotopic (exact) mass is 255 g/mol. The van der Waals surface area contributed by atoms with Crippen molar-refractivity contribution in [1.29, 1.82) is 0 Å². The molecule has 6 heteroatoms. The molecule has 0 amide bonds. The fraction of sp³-hybridized carbons (Fsp3) is 0.400. The Hall–Kier alpha value is -0.810. The van der Waals surface area contributed by atoms with E-state index in [1.807, 2.05) is 0 Å². The molecule has 16 heavy (non-hydrogen) atoms. The van der Waals surface area contributed by atoms with Crippen molar-refractivity contribution in [3.8, 4) is 0 Å². The van der Waals surface area contributed by atoms with Gasteiger partial charge in [-0.3, -0.25) is 0 Å². The Bertz CT molecular complexity index is 364. The predicted octanol–water partition coefficient (Wildman–Crippen LogP) is 3.72. The number of rotatable bonds is 3. The minimum absolute atomic E-state index is 0.0301. The second-order valence-electron chi connectivity index (χ2n) is 3.32. The average Bonchev–Trinajstić information content (AvgIpc) is 2.16. The molecule has 90 valence electrons. The molecule has 0 spiro atoms. The van der Waals surface area contributed by atoms with Gasteiger partial charge in [-0.1, -0.05) is 11.6 Å². The maximum Gasteiger partial charge on any atom is 0.416 e. The van der Waals surface area contributed by atoms with E-state index in [1.165, 1.54) is 6.07 Å². The lowest BCUT2D eigenvalue weighted by Gasteiger charge is -2.12. The maximum absolute atomic E-state index is 13.4. The van der Waals surface area contributed by atoms with E-state index in [0.29, 0.717) is 0 Å². The van der Waals surface area contributed by atoms with Gasteiger partial charge >= 0.3 is 6.18 Å². The first-order valence-electron chi connectivity index (χ1n) is 4.56. The summed E-state index contributed by atoms with van der Waals surface area (Å²) in [5.41, 5.74) is 4.09. The van der Waals surface area contributed by atoms with E-state index in [4.69, 9.17) is 17.3 Å². The molecule has 0 aromatic heterocycles. The van der Waals surface area contributed by atoms with Gasteiger partial charge in [-0.05, 0) is 36.7 Å². The highest BCUT2D eigenvalue weighted by Gasteiger charge is 2.31. The molecule has 1 aromatic carbocycles. The largest absolute Gasteiger partial charge is 0.416 e. The first-order valence-corrected chi connectivity index (χ1v) is 4.94. The van der Waals surface area contributed by atoms with Gasteiger partial charge in [0.05, 0.1) is 5.56 Å². The molecule has 1 atom stereocenters. The van der Waals surface area contributed by atoms with Crippen molar-refractivity contribution >= 4 is 11.6 Å².